The van der Waals surface area contributed by atoms with E-state index < -0.39 is 24.2 Å². The standard InChI is InChI=1S/C16H13FO4/c1-10-5-6-13(14(18)7-10)16(20)21-9-15(19)11-3-2-4-12(17)8-11/h2-8,18H,9H2,1H3. The Balaban J connectivity index is 2.02. The van der Waals surface area contributed by atoms with Crippen LogP contribution in [0.1, 0.15) is 26.3 Å². The van der Waals surface area contributed by atoms with Gasteiger partial charge in [-0.3, -0.25) is 4.79 Å². The zero-order chi connectivity index (χ0) is 15.4. The molecule has 0 bridgehead atoms. The first kappa shape index (κ1) is 14.7. The molecule has 0 aromatic heterocycles. The Kier molecular flexibility index (Phi) is 4.33. The van der Waals surface area contributed by atoms with Crippen LogP contribution < -0.4 is 0 Å². The van der Waals surface area contributed by atoms with Crippen molar-refractivity contribution < 1.29 is 23.8 Å². The summed E-state index contributed by atoms with van der Waals surface area (Å²) in [7, 11) is 0. The van der Waals surface area contributed by atoms with Crippen molar-refractivity contribution in [2.75, 3.05) is 6.61 Å². The smallest absolute Gasteiger partial charge is 0.342 e. The molecule has 0 spiro atoms. The molecule has 5 heteroatoms. The molecule has 1 N–H and O–H groups in total. The van der Waals surface area contributed by atoms with Gasteiger partial charge in [0.1, 0.15) is 17.1 Å². The molecule has 2 rings (SSSR count). The topological polar surface area (TPSA) is 63.6 Å². The third-order valence-electron chi connectivity index (χ3n) is 2.85. The van der Waals surface area contributed by atoms with E-state index in [0.29, 0.717) is 0 Å². The molecule has 21 heavy (non-hydrogen) atoms. The summed E-state index contributed by atoms with van der Waals surface area (Å²) in [6.07, 6.45) is 0. The molecule has 0 saturated heterocycles. The Morgan fingerprint density at radius 1 is 1.19 bits per heavy atom. The lowest BCUT2D eigenvalue weighted by Gasteiger charge is -2.06. The summed E-state index contributed by atoms with van der Waals surface area (Å²) in [5.41, 5.74) is 0.892. The second kappa shape index (κ2) is 6.17. The maximum absolute atomic E-state index is 13.0. The number of aromatic hydroxyl groups is 1. The van der Waals surface area contributed by atoms with Gasteiger partial charge in [-0.2, -0.15) is 0 Å². The monoisotopic (exact) mass is 288 g/mol. The van der Waals surface area contributed by atoms with E-state index >= 15 is 0 Å². The number of Topliss-reactive ketones (excluding diaryl/α,β-unsaturated/α-hetero) is 1. The number of phenols is 1. The zero-order valence-electron chi connectivity index (χ0n) is 11.3. The molecule has 0 unspecified atom stereocenters. The van der Waals surface area contributed by atoms with Gasteiger partial charge in [-0.1, -0.05) is 18.2 Å². The summed E-state index contributed by atoms with van der Waals surface area (Å²) < 4.78 is 17.8. The number of benzene rings is 2. The van der Waals surface area contributed by atoms with Crippen molar-refractivity contribution in [1.82, 2.24) is 0 Å². The molecule has 0 aliphatic carbocycles. The van der Waals surface area contributed by atoms with Crippen LogP contribution in [0.4, 0.5) is 4.39 Å². The van der Waals surface area contributed by atoms with Crippen molar-refractivity contribution in [3.8, 4) is 5.75 Å². The van der Waals surface area contributed by atoms with E-state index in [-0.39, 0.29) is 16.9 Å². The van der Waals surface area contributed by atoms with Crippen LogP contribution in [-0.2, 0) is 4.74 Å². The summed E-state index contributed by atoms with van der Waals surface area (Å²) in [6.45, 7) is 1.25. The van der Waals surface area contributed by atoms with E-state index in [4.69, 9.17) is 4.74 Å². The van der Waals surface area contributed by atoms with Crippen LogP contribution in [0.25, 0.3) is 0 Å². The third kappa shape index (κ3) is 3.66. The number of phenolic OH excluding ortho intramolecular Hbond substituents is 1. The highest BCUT2D eigenvalue weighted by Crippen LogP contribution is 2.19. The van der Waals surface area contributed by atoms with Gasteiger partial charge in [0.25, 0.3) is 0 Å². The summed E-state index contributed by atoms with van der Waals surface area (Å²) >= 11 is 0. The van der Waals surface area contributed by atoms with Gasteiger partial charge >= 0.3 is 5.97 Å². The van der Waals surface area contributed by atoms with Gasteiger partial charge < -0.3 is 9.84 Å². The fraction of sp³-hybridized carbons (Fsp3) is 0.125. The highest BCUT2D eigenvalue weighted by atomic mass is 19.1. The second-order valence-corrected chi connectivity index (χ2v) is 4.53. The number of ketones is 1. The predicted molar refractivity (Wildman–Crippen MR) is 73.9 cm³/mol. The van der Waals surface area contributed by atoms with Gasteiger partial charge in [0.2, 0.25) is 0 Å². The number of halogens is 1. The first-order valence-electron chi connectivity index (χ1n) is 6.23. The number of aryl methyl sites for hydroxylation is 1. The molecule has 0 heterocycles. The molecular formula is C16H13FO4. The normalized spacial score (nSPS) is 10.2. The number of esters is 1. The lowest BCUT2D eigenvalue weighted by atomic mass is 10.1. The quantitative estimate of drug-likeness (QED) is 0.694. The highest BCUT2D eigenvalue weighted by Gasteiger charge is 2.15. The Labute approximate surface area is 120 Å². The fourth-order valence-electron chi connectivity index (χ4n) is 1.77. The number of ether oxygens (including phenoxy) is 1. The van der Waals surface area contributed by atoms with E-state index in [2.05, 4.69) is 0 Å². The Bertz CT molecular complexity index is 694. The minimum Gasteiger partial charge on any atom is -0.507 e. The number of carbonyl (C=O) groups excluding carboxylic acids is 2. The Morgan fingerprint density at radius 3 is 2.62 bits per heavy atom. The first-order valence-corrected chi connectivity index (χ1v) is 6.23. The van der Waals surface area contributed by atoms with Crippen molar-refractivity contribution in [3.63, 3.8) is 0 Å². The van der Waals surface area contributed by atoms with Crippen LogP contribution in [0, 0.1) is 12.7 Å². The minimum atomic E-state index is -0.808. The molecule has 2 aromatic rings. The molecule has 0 radical (unpaired) electrons. The van der Waals surface area contributed by atoms with Crippen molar-refractivity contribution in [1.29, 1.82) is 0 Å². The SMILES string of the molecule is Cc1ccc(C(=O)OCC(=O)c2cccc(F)c2)c(O)c1. The number of hydrogen-bond acceptors (Lipinski definition) is 4. The fourth-order valence-corrected chi connectivity index (χ4v) is 1.77. The molecule has 4 nitrogen and oxygen atoms in total. The predicted octanol–water partition coefficient (Wildman–Crippen LogP) is 2.88. The Hall–Kier alpha value is -2.69. The average Bonchev–Trinajstić information content (AvgIpc) is 2.44. The number of rotatable bonds is 4. The molecule has 0 aliphatic heterocycles. The highest BCUT2D eigenvalue weighted by molar-refractivity contribution is 5.99. The molecule has 0 fully saturated rings. The van der Waals surface area contributed by atoms with Crippen LogP contribution in [0.3, 0.4) is 0 Å². The lowest BCUT2D eigenvalue weighted by molar-refractivity contribution is 0.0471. The first-order chi connectivity index (χ1) is 9.97. The molecule has 0 atom stereocenters. The van der Waals surface area contributed by atoms with E-state index in [0.717, 1.165) is 11.6 Å². The summed E-state index contributed by atoms with van der Waals surface area (Å²) in [5, 5.41) is 9.65. The number of hydrogen-bond donors (Lipinski definition) is 1. The third-order valence-corrected chi connectivity index (χ3v) is 2.85. The minimum absolute atomic E-state index is 0.0207. The van der Waals surface area contributed by atoms with E-state index in [9.17, 15) is 19.1 Å². The van der Waals surface area contributed by atoms with Crippen molar-refractivity contribution in [3.05, 3.63) is 65.0 Å². The van der Waals surface area contributed by atoms with E-state index in [1.807, 2.05) is 0 Å². The van der Waals surface area contributed by atoms with Crippen LogP contribution in [0.15, 0.2) is 42.5 Å². The van der Waals surface area contributed by atoms with Gasteiger partial charge in [0, 0.05) is 5.56 Å². The maximum Gasteiger partial charge on any atom is 0.342 e. The molecule has 2 aromatic carbocycles. The van der Waals surface area contributed by atoms with Gasteiger partial charge in [-0.25, -0.2) is 9.18 Å². The second-order valence-electron chi connectivity index (χ2n) is 4.53. The molecule has 0 amide bonds. The van der Waals surface area contributed by atoms with Crippen LogP contribution in [0.5, 0.6) is 5.75 Å². The molecule has 108 valence electrons. The van der Waals surface area contributed by atoms with Gasteiger partial charge in [0.15, 0.2) is 12.4 Å². The molecule has 0 saturated carbocycles. The Morgan fingerprint density at radius 2 is 1.95 bits per heavy atom. The average molecular weight is 288 g/mol. The summed E-state index contributed by atoms with van der Waals surface area (Å²) in [4.78, 5) is 23.5. The van der Waals surface area contributed by atoms with E-state index in [1.165, 1.54) is 30.3 Å². The van der Waals surface area contributed by atoms with Crippen molar-refractivity contribution >= 4 is 11.8 Å². The van der Waals surface area contributed by atoms with Crippen molar-refractivity contribution in [2.24, 2.45) is 0 Å². The maximum atomic E-state index is 13.0. The van der Waals surface area contributed by atoms with Gasteiger partial charge in [-0.15, -0.1) is 0 Å². The largest absolute Gasteiger partial charge is 0.507 e. The number of carbonyl (C=O) groups is 2. The van der Waals surface area contributed by atoms with Gasteiger partial charge in [0.05, 0.1) is 0 Å². The summed E-state index contributed by atoms with van der Waals surface area (Å²) in [6, 6.07) is 9.60. The molecular weight excluding hydrogens is 275 g/mol. The summed E-state index contributed by atoms with van der Waals surface area (Å²) in [5.74, 6) is -2.08. The van der Waals surface area contributed by atoms with Crippen molar-refractivity contribution in [2.45, 2.75) is 6.92 Å². The zero-order valence-corrected chi connectivity index (χ0v) is 11.3. The molecule has 0 aliphatic rings. The lowest BCUT2D eigenvalue weighted by Crippen LogP contribution is -2.14. The van der Waals surface area contributed by atoms with E-state index in [1.54, 1.807) is 13.0 Å². The van der Waals surface area contributed by atoms with Crippen LogP contribution >= 0.6 is 0 Å². The van der Waals surface area contributed by atoms with Crippen LogP contribution in [-0.4, -0.2) is 23.5 Å². The van der Waals surface area contributed by atoms with Gasteiger partial charge in [-0.05, 0) is 36.8 Å². The van der Waals surface area contributed by atoms with Crippen LogP contribution in [0.2, 0.25) is 0 Å².